The van der Waals surface area contributed by atoms with Crippen LogP contribution in [0.5, 0.6) is 5.75 Å². The second kappa shape index (κ2) is 10.1. The van der Waals surface area contributed by atoms with Gasteiger partial charge in [-0.25, -0.2) is 9.82 Å². The van der Waals surface area contributed by atoms with Gasteiger partial charge in [0.2, 0.25) is 0 Å². The highest BCUT2D eigenvalue weighted by atomic mass is 19.1. The molecule has 0 atom stereocenters. The highest BCUT2D eigenvalue weighted by Crippen LogP contribution is 2.29. The Balaban J connectivity index is 1.35. The van der Waals surface area contributed by atoms with Crippen LogP contribution in [0.1, 0.15) is 21.5 Å². The van der Waals surface area contributed by atoms with Crippen LogP contribution in [0, 0.1) is 5.82 Å². The average Bonchev–Trinajstić information content (AvgIpc) is 3.27. The topological polar surface area (TPSA) is 66.5 Å². The van der Waals surface area contributed by atoms with Crippen molar-refractivity contribution in [2.75, 3.05) is 0 Å². The largest absolute Gasteiger partial charge is 0.488 e. The zero-order valence-electron chi connectivity index (χ0n) is 18.7. The molecule has 1 aromatic heterocycles. The zero-order valence-corrected chi connectivity index (χ0v) is 18.7. The van der Waals surface area contributed by atoms with Crippen molar-refractivity contribution in [2.45, 2.75) is 6.61 Å². The molecule has 6 heteroatoms. The Labute approximate surface area is 201 Å². The van der Waals surface area contributed by atoms with Crippen molar-refractivity contribution in [2.24, 2.45) is 5.10 Å². The van der Waals surface area contributed by atoms with E-state index in [1.54, 1.807) is 42.6 Å². The first-order valence-electron chi connectivity index (χ1n) is 11.1. The molecule has 0 bridgehead atoms. The molecule has 0 saturated carbocycles. The van der Waals surface area contributed by atoms with Gasteiger partial charge in [0.25, 0.3) is 5.91 Å². The van der Waals surface area contributed by atoms with Gasteiger partial charge in [0.1, 0.15) is 18.2 Å². The molecule has 1 heterocycles. The second-order valence-corrected chi connectivity index (χ2v) is 7.94. The third kappa shape index (κ3) is 4.96. The highest BCUT2D eigenvalue weighted by molar-refractivity contribution is 6.06. The first kappa shape index (κ1) is 22.1. The number of nitrogens with one attached hydrogen (secondary N) is 2. The Morgan fingerprint density at radius 1 is 0.886 bits per heavy atom. The molecule has 0 saturated heterocycles. The first-order valence-corrected chi connectivity index (χ1v) is 11.1. The maximum Gasteiger partial charge on any atom is 0.275 e. The summed E-state index contributed by atoms with van der Waals surface area (Å²) in [5.74, 6) is -0.282. The fourth-order valence-corrected chi connectivity index (χ4v) is 3.87. The van der Waals surface area contributed by atoms with E-state index in [9.17, 15) is 9.18 Å². The van der Waals surface area contributed by atoms with Crippen LogP contribution in [0.15, 0.2) is 108 Å². The molecule has 0 aliphatic rings. The van der Waals surface area contributed by atoms with Crippen LogP contribution in [0.3, 0.4) is 0 Å². The van der Waals surface area contributed by atoms with Crippen LogP contribution in [-0.4, -0.2) is 17.1 Å². The van der Waals surface area contributed by atoms with E-state index in [4.69, 9.17) is 4.74 Å². The Kier molecular flexibility index (Phi) is 6.35. The molecule has 1 amide bonds. The summed E-state index contributed by atoms with van der Waals surface area (Å²) in [5, 5.41) is 5.26. The predicted molar refractivity (Wildman–Crippen MR) is 136 cm³/mol. The molecule has 4 aromatic carbocycles. The van der Waals surface area contributed by atoms with E-state index < -0.39 is 5.91 Å². The van der Waals surface area contributed by atoms with Crippen LogP contribution >= 0.6 is 0 Å². The summed E-state index contributed by atoms with van der Waals surface area (Å²) in [7, 11) is 0. The minimum absolute atomic E-state index is 0.212. The molecule has 0 unspecified atom stereocenters. The number of carbonyl (C=O) groups excluding carboxylic acids is 1. The minimum atomic E-state index is -0.392. The fourth-order valence-electron chi connectivity index (χ4n) is 3.87. The van der Waals surface area contributed by atoms with Gasteiger partial charge in [-0.15, -0.1) is 0 Å². The van der Waals surface area contributed by atoms with Gasteiger partial charge < -0.3 is 9.72 Å². The zero-order chi connectivity index (χ0) is 24.0. The van der Waals surface area contributed by atoms with E-state index in [0.717, 1.165) is 33.3 Å². The molecular formula is C29H22FN3O2. The number of halogens is 1. The third-order valence-corrected chi connectivity index (χ3v) is 5.61. The van der Waals surface area contributed by atoms with Crippen molar-refractivity contribution in [1.29, 1.82) is 0 Å². The number of benzene rings is 4. The van der Waals surface area contributed by atoms with Crippen molar-refractivity contribution < 1.29 is 13.9 Å². The van der Waals surface area contributed by atoms with E-state index >= 15 is 0 Å². The molecule has 172 valence electrons. The number of para-hydroxylation sites is 2. The lowest BCUT2D eigenvalue weighted by atomic mass is 10.1. The predicted octanol–water partition coefficient (Wildman–Crippen LogP) is 6.32. The van der Waals surface area contributed by atoms with Gasteiger partial charge >= 0.3 is 0 Å². The minimum Gasteiger partial charge on any atom is -0.488 e. The molecule has 0 aliphatic carbocycles. The Morgan fingerprint density at radius 3 is 2.43 bits per heavy atom. The number of aromatic amines is 1. The molecule has 0 aliphatic heterocycles. The normalized spacial score (nSPS) is 11.1. The molecule has 35 heavy (non-hydrogen) atoms. The van der Waals surface area contributed by atoms with Gasteiger partial charge in [0.05, 0.1) is 17.5 Å². The van der Waals surface area contributed by atoms with E-state index in [1.807, 2.05) is 54.6 Å². The smallest absolute Gasteiger partial charge is 0.275 e. The molecule has 5 rings (SSSR count). The Morgan fingerprint density at radius 2 is 1.60 bits per heavy atom. The van der Waals surface area contributed by atoms with Crippen molar-refractivity contribution in [3.05, 3.63) is 126 Å². The quantitative estimate of drug-likeness (QED) is 0.219. The van der Waals surface area contributed by atoms with Gasteiger partial charge in [0.15, 0.2) is 0 Å². The summed E-state index contributed by atoms with van der Waals surface area (Å²) in [6.07, 6.45) is 1.65. The number of rotatable bonds is 7. The third-order valence-electron chi connectivity index (χ3n) is 5.61. The summed E-state index contributed by atoms with van der Waals surface area (Å²) in [4.78, 5) is 16.4. The summed E-state index contributed by atoms with van der Waals surface area (Å²) in [6, 6.07) is 30.9. The summed E-state index contributed by atoms with van der Waals surface area (Å²) in [5.41, 5.74) is 7.58. The van der Waals surface area contributed by atoms with Crippen LogP contribution in [-0.2, 0) is 6.61 Å². The highest BCUT2D eigenvalue weighted by Gasteiger charge is 2.13. The Bertz CT molecular complexity index is 1490. The summed E-state index contributed by atoms with van der Waals surface area (Å²) >= 11 is 0. The van der Waals surface area contributed by atoms with E-state index in [-0.39, 0.29) is 12.4 Å². The van der Waals surface area contributed by atoms with Gasteiger partial charge in [-0.3, -0.25) is 4.79 Å². The molecule has 0 fully saturated rings. The Hall–Kier alpha value is -4.71. The lowest BCUT2D eigenvalue weighted by Gasteiger charge is -2.10. The number of H-pyrrole nitrogens is 1. The summed E-state index contributed by atoms with van der Waals surface area (Å²) < 4.78 is 19.0. The number of amides is 1. The van der Waals surface area contributed by atoms with Crippen LogP contribution in [0.4, 0.5) is 4.39 Å². The number of hydrazone groups is 1. The molecule has 5 aromatic rings. The maximum absolute atomic E-state index is 13.1. The van der Waals surface area contributed by atoms with Gasteiger partial charge in [-0.1, -0.05) is 72.8 Å². The molecular weight excluding hydrogens is 441 g/mol. The lowest BCUT2D eigenvalue weighted by Crippen LogP contribution is -2.18. The van der Waals surface area contributed by atoms with Crippen molar-refractivity contribution >= 4 is 23.0 Å². The standard InChI is InChI=1S/C29H22FN3O2/c30-22-16-14-20(15-17-22)19-35-27-13-7-5-11-24(27)29(34)33-31-18-25-23-10-4-6-12-26(23)32-28(25)21-8-2-1-3-9-21/h1-18,32H,19H2,(H,33,34). The van der Waals surface area contributed by atoms with Crippen molar-refractivity contribution in [3.8, 4) is 17.0 Å². The van der Waals surface area contributed by atoms with Gasteiger partial charge in [0, 0.05) is 16.5 Å². The van der Waals surface area contributed by atoms with E-state index in [1.165, 1.54) is 12.1 Å². The number of ether oxygens (including phenoxy) is 1. The van der Waals surface area contributed by atoms with Gasteiger partial charge in [-0.05, 0) is 41.5 Å². The number of hydrogen-bond acceptors (Lipinski definition) is 3. The van der Waals surface area contributed by atoms with E-state index in [2.05, 4.69) is 15.5 Å². The molecule has 0 radical (unpaired) electrons. The number of hydrogen-bond donors (Lipinski definition) is 2. The summed E-state index contributed by atoms with van der Waals surface area (Å²) in [6.45, 7) is 0.212. The SMILES string of the molecule is O=C(NN=Cc1c(-c2ccccc2)[nH]c2ccccc12)c1ccccc1OCc1ccc(F)cc1. The van der Waals surface area contributed by atoms with Crippen LogP contribution in [0.2, 0.25) is 0 Å². The lowest BCUT2D eigenvalue weighted by molar-refractivity contribution is 0.0950. The number of carbonyl (C=O) groups is 1. The number of nitrogens with zero attached hydrogens (tertiary/aromatic N) is 1. The van der Waals surface area contributed by atoms with Crippen LogP contribution in [0.25, 0.3) is 22.2 Å². The van der Waals surface area contributed by atoms with Crippen molar-refractivity contribution in [1.82, 2.24) is 10.4 Å². The maximum atomic E-state index is 13.1. The molecule has 0 spiro atoms. The van der Waals surface area contributed by atoms with Gasteiger partial charge in [-0.2, -0.15) is 5.10 Å². The van der Waals surface area contributed by atoms with Crippen molar-refractivity contribution in [3.63, 3.8) is 0 Å². The molecule has 5 nitrogen and oxygen atoms in total. The number of fused-ring (bicyclic) bond motifs is 1. The molecule has 2 N–H and O–H groups in total. The van der Waals surface area contributed by atoms with E-state index in [0.29, 0.717) is 11.3 Å². The fraction of sp³-hybridized carbons (Fsp3) is 0.0345. The number of aromatic nitrogens is 1. The first-order chi connectivity index (χ1) is 17.2. The monoisotopic (exact) mass is 463 g/mol. The van der Waals surface area contributed by atoms with Crippen LogP contribution < -0.4 is 10.2 Å². The second-order valence-electron chi connectivity index (χ2n) is 7.94. The average molecular weight is 464 g/mol.